The molecule has 60 heavy (non-hydrogen) atoms. The molecule has 13 nitrogen and oxygen atoms in total. The first-order chi connectivity index (χ1) is 28.6. The average Bonchev–Trinajstić information content (AvgIpc) is 3.68. The third-order valence-electron chi connectivity index (χ3n) is 11.2. The molecular formula is C45H51ClN6O7S. The molecule has 1 saturated heterocycles. The average molecular weight is 855 g/mol. The van der Waals surface area contributed by atoms with Crippen molar-refractivity contribution in [3.05, 3.63) is 123 Å². The minimum atomic E-state index is -4.56. The number of benzene rings is 4. The number of H-pyrrole nitrogens is 1. The van der Waals surface area contributed by atoms with Gasteiger partial charge in [0.15, 0.2) is 5.75 Å². The zero-order valence-electron chi connectivity index (χ0n) is 34.4. The van der Waals surface area contributed by atoms with Gasteiger partial charge in [0.05, 0.1) is 22.0 Å². The Morgan fingerprint density at radius 1 is 0.967 bits per heavy atom. The van der Waals surface area contributed by atoms with Crippen LogP contribution in [-0.4, -0.2) is 94.0 Å². The lowest BCUT2D eigenvalue weighted by Gasteiger charge is -2.39. The van der Waals surface area contributed by atoms with Gasteiger partial charge in [-0.2, -0.15) is 0 Å². The lowest BCUT2D eigenvalue weighted by atomic mass is 9.72. The van der Waals surface area contributed by atoms with Crippen molar-refractivity contribution in [2.75, 3.05) is 64.9 Å². The number of hydrogen-bond acceptors (Lipinski definition) is 10. The lowest BCUT2D eigenvalue weighted by molar-refractivity contribution is -0.386. The number of rotatable bonds is 15. The molecule has 0 unspecified atom stereocenters. The van der Waals surface area contributed by atoms with E-state index in [2.05, 4.69) is 45.5 Å². The highest BCUT2D eigenvalue weighted by atomic mass is 35.5. The number of ether oxygens (including phenoxy) is 2. The van der Waals surface area contributed by atoms with Gasteiger partial charge in [-0.3, -0.25) is 19.8 Å². The molecule has 0 saturated carbocycles. The van der Waals surface area contributed by atoms with Crippen molar-refractivity contribution >= 4 is 55.4 Å². The molecule has 1 aromatic heterocycles. The maximum atomic E-state index is 13.9. The molecule has 4 aromatic carbocycles. The maximum Gasteiger partial charge on any atom is 0.312 e. The number of aromatic amines is 1. The van der Waals surface area contributed by atoms with Crippen molar-refractivity contribution in [1.29, 1.82) is 0 Å². The van der Waals surface area contributed by atoms with Crippen LogP contribution in [0.15, 0.2) is 102 Å². The van der Waals surface area contributed by atoms with Crippen molar-refractivity contribution in [2.45, 2.75) is 44.4 Å². The van der Waals surface area contributed by atoms with E-state index >= 15 is 0 Å². The number of nitrogens with zero attached hydrogens (tertiary/aromatic N) is 4. The molecule has 0 bridgehead atoms. The van der Waals surface area contributed by atoms with E-state index in [0.29, 0.717) is 18.7 Å². The number of amides is 1. The first-order valence-electron chi connectivity index (χ1n) is 20.1. The molecule has 1 aliphatic heterocycles. The molecule has 0 atom stereocenters. The van der Waals surface area contributed by atoms with Gasteiger partial charge in [0.25, 0.3) is 15.9 Å². The van der Waals surface area contributed by atoms with E-state index in [9.17, 15) is 23.3 Å². The predicted molar refractivity (Wildman–Crippen MR) is 236 cm³/mol. The summed E-state index contributed by atoms with van der Waals surface area (Å²) in [5.41, 5.74) is 5.53. The van der Waals surface area contributed by atoms with E-state index in [-0.39, 0.29) is 29.1 Å². The Hall–Kier alpha value is -5.41. The van der Waals surface area contributed by atoms with E-state index in [1.165, 1.54) is 28.8 Å². The van der Waals surface area contributed by atoms with Gasteiger partial charge < -0.3 is 24.3 Å². The minimum Gasteiger partial charge on any atom is -0.487 e. The normalized spacial score (nSPS) is 16.0. The number of fused-ring (bicyclic) bond motifs is 1. The second kappa shape index (κ2) is 18.1. The molecule has 2 heterocycles. The number of allylic oxidation sites excluding steroid dienone is 1. The molecule has 1 aliphatic carbocycles. The van der Waals surface area contributed by atoms with Crippen LogP contribution in [0.25, 0.3) is 16.5 Å². The third kappa shape index (κ3) is 10.3. The van der Waals surface area contributed by atoms with Crippen LogP contribution in [0, 0.1) is 15.5 Å². The smallest absolute Gasteiger partial charge is 0.312 e. The van der Waals surface area contributed by atoms with Gasteiger partial charge in [-0.1, -0.05) is 43.2 Å². The van der Waals surface area contributed by atoms with Crippen LogP contribution in [0.3, 0.4) is 0 Å². The van der Waals surface area contributed by atoms with Crippen LogP contribution in [0.1, 0.15) is 55.5 Å². The minimum absolute atomic E-state index is 0.0210. The van der Waals surface area contributed by atoms with E-state index in [1.54, 1.807) is 24.3 Å². The van der Waals surface area contributed by atoms with Gasteiger partial charge >= 0.3 is 5.69 Å². The number of aromatic nitrogens is 1. The fraction of sp³-hybridized carbons (Fsp3) is 0.356. The monoisotopic (exact) mass is 854 g/mol. The van der Waals surface area contributed by atoms with Gasteiger partial charge in [-0.05, 0) is 117 Å². The summed E-state index contributed by atoms with van der Waals surface area (Å²) in [6.45, 7) is 9.59. The number of anilines is 1. The highest BCUT2D eigenvalue weighted by molar-refractivity contribution is 7.90. The molecule has 7 rings (SSSR count). The van der Waals surface area contributed by atoms with Crippen LogP contribution < -0.4 is 19.1 Å². The number of nitrogens with one attached hydrogen (secondary N) is 2. The van der Waals surface area contributed by atoms with Crippen LogP contribution in [0.2, 0.25) is 5.02 Å². The SMILES string of the molecule is CN(C)CCCOc1ccc(S(=O)(=O)NC(=O)c2ccc(N3CCN(CC4=C(c5ccc(Cl)cc5)CC(C)(C)CC4)CC3)cc2Oc2ccc3[nH]ccc3c2)cc1[N+](=O)[O-]. The number of halogens is 1. The predicted octanol–water partition coefficient (Wildman–Crippen LogP) is 8.76. The molecule has 2 N–H and O–H groups in total. The van der Waals surface area contributed by atoms with Crippen molar-refractivity contribution in [2.24, 2.45) is 5.41 Å². The Morgan fingerprint density at radius 3 is 2.47 bits per heavy atom. The van der Waals surface area contributed by atoms with Crippen LogP contribution in [0.5, 0.6) is 17.2 Å². The maximum absolute atomic E-state index is 13.9. The highest BCUT2D eigenvalue weighted by Crippen LogP contribution is 2.43. The topological polar surface area (TPSA) is 150 Å². The molecule has 2 aliphatic rings. The number of nitro benzene ring substituents is 1. The molecule has 0 spiro atoms. The number of sulfonamides is 1. The van der Waals surface area contributed by atoms with E-state index in [4.69, 9.17) is 21.1 Å². The largest absolute Gasteiger partial charge is 0.487 e. The van der Waals surface area contributed by atoms with Gasteiger partial charge in [-0.25, -0.2) is 13.1 Å². The third-order valence-corrected chi connectivity index (χ3v) is 12.7. The molecule has 0 radical (unpaired) electrons. The fourth-order valence-corrected chi connectivity index (χ4v) is 8.94. The first-order valence-corrected chi connectivity index (χ1v) is 22.0. The number of hydrogen-bond donors (Lipinski definition) is 2. The van der Waals surface area contributed by atoms with Crippen molar-refractivity contribution in [3.8, 4) is 17.2 Å². The summed E-state index contributed by atoms with van der Waals surface area (Å²) in [6.07, 6.45) is 5.63. The summed E-state index contributed by atoms with van der Waals surface area (Å²) in [5, 5.41) is 13.6. The van der Waals surface area contributed by atoms with E-state index in [1.807, 2.05) is 55.5 Å². The first kappa shape index (κ1) is 42.7. The lowest BCUT2D eigenvalue weighted by Crippen LogP contribution is -2.47. The standard InChI is InChI=1S/C45H51ClN6O7S/c1-45(2)18-16-33(39(29-45)31-6-8-34(46)9-7-31)30-50-21-23-51(24-22-50)35-10-13-38(43(27-35)59-36-11-14-40-32(26-36)17-19-47-40)44(53)48-60(56,57)37-12-15-42(41(28-37)52(54)55)58-25-5-20-49(3)4/h6-15,17,19,26-28,47H,5,16,18,20-25,29-30H2,1-4H3,(H,48,53). The van der Waals surface area contributed by atoms with E-state index < -0.39 is 31.4 Å². The summed E-state index contributed by atoms with van der Waals surface area (Å²) in [5.74, 6) is -0.393. The fourth-order valence-electron chi connectivity index (χ4n) is 7.83. The summed E-state index contributed by atoms with van der Waals surface area (Å²) in [6, 6.07) is 24.0. The summed E-state index contributed by atoms with van der Waals surface area (Å²) in [7, 11) is -0.753. The molecule has 316 valence electrons. The Bertz CT molecular complexity index is 2510. The van der Waals surface area contributed by atoms with Gasteiger partial charge in [0, 0.05) is 79.2 Å². The zero-order valence-corrected chi connectivity index (χ0v) is 35.9. The Morgan fingerprint density at radius 2 is 1.73 bits per heavy atom. The number of piperazine rings is 1. The molecular weight excluding hydrogens is 804 g/mol. The zero-order chi connectivity index (χ0) is 42.6. The van der Waals surface area contributed by atoms with Crippen LogP contribution >= 0.6 is 11.6 Å². The van der Waals surface area contributed by atoms with Gasteiger partial charge in [0.1, 0.15) is 11.5 Å². The van der Waals surface area contributed by atoms with Crippen molar-refractivity contribution in [1.82, 2.24) is 19.5 Å². The van der Waals surface area contributed by atoms with Crippen molar-refractivity contribution in [3.63, 3.8) is 0 Å². The number of nitro groups is 1. The van der Waals surface area contributed by atoms with Crippen LogP contribution in [-0.2, 0) is 10.0 Å². The van der Waals surface area contributed by atoms with Crippen molar-refractivity contribution < 1.29 is 27.6 Å². The number of carbonyl (C=O) groups is 1. The van der Waals surface area contributed by atoms with E-state index in [0.717, 1.165) is 79.7 Å². The van der Waals surface area contributed by atoms with Crippen LogP contribution in [0.4, 0.5) is 11.4 Å². The van der Waals surface area contributed by atoms with Gasteiger partial charge in [-0.15, -0.1) is 0 Å². The quantitative estimate of drug-likeness (QED) is 0.0595. The summed E-state index contributed by atoms with van der Waals surface area (Å²) >= 11 is 6.24. The summed E-state index contributed by atoms with van der Waals surface area (Å²) < 4.78 is 41.3. The Labute approximate surface area is 356 Å². The number of carbonyl (C=O) groups excluding carboxylic acids is 1. The Balaban J connectivity index is 1.10. The second-order valence-corrected chi connectivity index (χ2v) is 18.6. The molecule has 1 amide bonds. The molecule has 15 heteroatoms. The van der Waals surface area contributed by atoms with Gasteiger partial charge in [0.2, 0.25) is 0 Å². The highest BCUT2D eigenvalue weighted by Gasteiger charge is 2.30. The summed E-state index contributed by atoms with van der Waals surface area (Å²) in [4.78, 5) is 34.5. The second-order valence-electron chi connectivity index (χ2n) is 16.5. The Kier molecular flexibility index (Phi) is 12.9. The molecule has 1 fully saturated rings. The molecule has 5 aromatic rings.